The van der Waals surface area contributed by atoms with Gasteiger partial charge in [0.2, 0.25) is 0 Å². The normalized spacial score (nSPS) is 34.6. The molecule has 3 atom stereocenters. The molecule has 0 aromatic heterocycles. The summed E-state index contributed by atoms with van der Waals surface area (Å²) in [6.45, 7) is 0.137. The molecule has 1 saturated heterocycles. The standard InChI is InChI=1S/C11H15F3O4/c12-11(13,14)7(15)5-10(9(16)17)3-4-18-8(10)6-1-2-6/h6-8,15H,1-5H2,(H,16,17). The SMILES string of the molecule is O=C(O)C1(CC(O)C(F)(F)F)CCOC1C1CC1. The van der Waals surface area contributed by atoms with Crippen LogP contribution in [0.25, 0.3) is 0 Å². The van der Waals surface area contributed by atoms with Gasteiger partial charge in [-0.25, -0.2) is 0 Å². The van der Waals surface area contributed by atoms with Crippen molar-refractivity contribution < 1.29 is 32.9 Å². The summed E-state index contributed by atoms with van der Waals surface area (Å²) in [7, 11) is 0. The number of rotatable bonds is 4. The fraction of sp³-hybridized carbons (Fsp3) is 0.909. The number of aliphatic hydroxyl groups excluding tert-OH is 1. The van der Waals surface area contributed by atoms with Crippen molar-refractivity contribution in [2.24, 2.45) is 11.3 Å². The van der Waals surface area contributed by atoms with Crippen molar-refractivity contribution in [2.45, 2.75) is 44.1 Å². The molecule has 0 aromatic carbocycles. The minimum atomic E-state index is -4.79. The molecule has 0 amide bonds. The zero-order valence-corrected chi connectivity index (χ0v) is 9.61. The number of aliphatic carboxylic acids is 1. The third-order valence-electron chi connectivity index (χ3n) is 3.80. The Morgan fingerprint density at radius 1 is 1.44 bits per heavy atom. The highest BCUT2D eigenvalue weighted by atomic mass is 19.4. The predicted octanol–water partition coefficient (Wildman–Crippen LogP) is 1.57. The van der Waals surface area contributed by atoms with E-state index in [-0.39, 0.29) is 18.9 Å². The molecule has 0 spiro atoms. The van der Waals surface area contributed by atoms with Crippen LogP contribution in [0.15, 0.2) is 0 Å². The fourth-order valence-electron chi connectivity index (χ4n) is 2.65. The lowest BCUT2D eigenvalue weighted by Crippen LogP contribution is -2.46. The number of ether oxygens (including phenoxy) is 1. The van der Waals surface area contributed by atoms with Crippen molar-refractivity contribution in [3.63, 3.8) is 0 Å². The van der Waals surface area contributed by atoms with Crippen LogP contribution in [-0.2, 0) is 9.53 Å². The van der Waals surface area contributed by atoms with Gasteiger partial charge in [0, 0.05) is 13.0 Å². The molecule has 18 heavy (non-hydrogen) atoms. The summed E-state index contributed by atoms with van der Waals surface area (Å²) in [5, 5.41) is 18.4. The van der Waals surface area contributed by atoms with Crippen molar-refractivity contribution in [1.29, 1.82) is 0 Å². The second kappa shape index (κ2) is 4.38. The van der Waals surface area contributed by atoms with E-state index in [1.54, 1.807) is 0 Å². The Balaban J connectivity index is 2.19. The Hall–Kier alpha value is -0.820. The van der Waals surface area contributed by atoms with Crippen LogP contribution in [0.1, 0.15) is 25.7 Å². The first-order valence-corrected chi connectivity index (χ1v) is 5.87. The predicted molar refractivity (Wildman–Crippen MR) is 53.8 cm³/mol. The van der Waals surface area contributed by atoms with Gasteiger partial charge in [-0.05, 0) is 25.2 Å². The first kappa shape index (κ1) is 13.6. The van der Waals surface area contributed by atoms with Gasteiger partial charge in [-0.1, -0.05) is 0 Å². The molecule has 7 heteroatoms. The molecule has 1 heterocycles. The monoisotopic (exact) mass is 268 g/mol. The maximum Gasteiger partial charge on any atom is 0.414 e. The molecule has 1 aliphatic carbocycles. The molecule has 0 aromatic rings. The van der Waals surface area contributed by atoms with Crippen molar-refractivity contribution in [2.75, 3.05) is 6.61 Å². The quantitative estimate of drug-likeness (QED) is 0.812. The number of carboxylic acid groups (broad SMARTS) is 1. The van der Waals surface area contributed by atoms with Crippen LogP contribution < -0.4 is 0 Å². The van der Waals surface area contributed by atoms with Crippen LogP contribution in [0.2, 0.25) is 0 Å². The van der Waals surface area contributed by atoms with Crippen molar-refractivity contribution in [3.05, 3.63) is 0 Å². The van der Waals surface area contributed by atoms with Gasteiger partial charge in [-0.3, -0.25) is 4.79 Å². The molecule has 2 aliphatic rings. The Morgan fingerprint density at radius 3 is 2.50 bits per heavy atom. The molecule has 0 radical (unpaired) electrons. The summed E-state index contributed by atoms with van der Waals surface area (Å²) in [4.78, 5) is 11.4. The number of halogens is 3. The Labute approximate surface area is 102 Å². The van der Waals surface area contributed by atoms with E-state index in [0.29, 0.717) is 0 Å². The van der Waals surface area contributed by atoms with Gasteiger partial charge >= 0.3 is 12.1 Å². The topological polar surface area (TPSA) is 66.8 Å². The van der Waals surface area contributed by atoms with Crippen LogP contribution in [0.3, 0.4) is 0 Å². The minimum Gasteiger partial charge on any atom is -0.481 e. The smallest absolute Gasteiger partial charge is 0.414 e. The number of aliphatic hydroxyl groups is 1. The highest BCUT2D eigenvalue weighted by Gasteiger charge is 2.58. The number of carboxylic acids is 1. The van der Waals surface area contributed by atoms with Gasteiger partial charge in [-0.2, -0.15) is 13.2 Å². The number of hydrogen-bond donors (Lipinski definition) is 2. The van der Waals surface area contributed by atoms with Crippen LogP contribution in [0.5, 0.6) is 0 Å². The molecule has 2 fully saturated rings. The zero-order valence-electron chi connectivity index (χ0n) is 9.61. The molecular formula is C11H15F3O4. The molecule has 2 rings (SSSR count). The van der Waals surface area contributed by atoms with E-state index < -0.39 is 36.2 Å². The van der Waals surface area contributed by atoms with Gasteiger partial charge in [0.15, 0.2) is 6.10 Å². The third-order valence-corrected chi connectivity index (χ3v) is 3.80. The largest absolute Gasteiger partial charge is 0.481 e. The van der Waals surface area contributed by atoms with Crippen molar-refractivity contribution in [1.82, 2.24) is 0 Å². The van der Waals surface area contributed by atoms with Gasteiger partial charge < -0.3 is 14.9 Å². The van der Waals surface area contributed by atoms with Crippen LogP contribution in [0.4, 0.5) is 13.2 Å². The summed E-state index contributed by atoms with van der Waals surface area (Å²) in [6.07, 6.45) is -7.35. The van der Waals surface area contributed by atoms with E-state index >= 15 is 0 Å². The van der Waals surface area contributed by atoms with Crippen molar-refractivity contribution >= 4 is 5.97 Å². The summed E-state index contributed by atoms with van der Waals surface area (Å²) < 4.78 is 42.5. The fourth-order valence-corrected chi connectivity index (χ4v) is 2.65. The molecule has 3 unspecified atom stereocenters. The van der Waals surface area contributed by atoms with E-state index in [4.69, 9.17) is 9.84 Å². The van der Waals surface area contributed by atoms with E-state index in [1.807, 2.05) is 0 Å². The lowest BCUT2D eigenvalue weighted by atomic mass is 9.74. The maximum absolute atomic E-state index is 12.4. The molecule has 4 nitrogen and oxygen atoms in total. The number of alkyl halides is 3. The van der Waals surface area contributed by atoms with E-state index in [9.17, 15) is 23.1 Å². The van der Waals surface area contributed by atoms with E-state index in [0.717, 1.165) is 12.8 Å². The summed E-state index contributed by atoms with van der Waals surface area (Å²) in [5.74, 6) is -1.29. The van der Waals surface area contributed by atoms with Crippen LogP contribution in [0, 0.1) is 11.3 Å². The highest BCUT2D eigenvalue weighted by Crippen LogP contribution is 2.51. The first-order chi connectivity index (χ1) is 8.27. The zero-order chi connectivity index (χ0) is 13.6. The lowest BCUT2D eigenvalue weighted by molar-refractivity contribution is -0.216. The molecule has 1 aliphatic heterocycles. The number of carbonyl (C=O) groups is 1. The average molecular weight is 268 g/mol. The lowest BCUT2D eigenvalue weighted by Gasteiger charge is -2.32. The minimum absolute atomic E-state index is 0.0176. The first-order valence-electron chi connectivity index (χ1n) is 5.87. The molecular weight excluding hydrogens is 253 g/mol. The molecule has 1 saturated carbocycles. The Morgan fingerprint density at radius 2 is 2.06 bits per heavy atom. The van der Waals surface area contributed by atoms with Crippen LogP contribution >= 0.6 is 0 Å². The summed E-state index contributed by atoms with van der Waals surface area (Å²) >= 11 is 0. The van der Waals surface area contributed by atoms with E-state index in [2.05, 4.69) is 0 Å². The second-order valence-electron chi connectivity index (χ2n) is 5.10. The number of hydrogen-bond acceptors (Lipinski definition) is 3. The van der Waals surface area contributed by atoms with Gasteiger partial charge in [0.05, 0.1) is 11.5 Å². The highest BCUT2D eigenvalue weighted by molar-refractivity contribution is 5.76. The molecule has 2 N–H and O–H groups in total. The average Bonchev–Trinajstić information content (AvgIpc) is 2.99. The maximum atomic E-state index is 12.4. The Bertz CT molecular complexity index is 340. The van der Waals surface area contributed by atoms with Gasteiger partial charge in [0.1, 0.15) is 0 Å². The third kappa shape index (κ3) is 2.33. The Kier molecular flexibility index (Phi) is 3.31. The van der Waals surface area contributed by atoms with Gasteiger partial charge in [-0.15, -0.1) is 0 Å². The van der Waals surface area contributed by atoms with Crippen molar-refractivity contribution in [3.8, 4) is 0 Å². The molecule has 104 valence electrons. The van der Waals surface area contributed by atoms with Crippen LogP contribution in [-0.4, -0.2) is 41.2 Å². The summed E-state index contributed by atoms with van der Waals surface area (Å²) in [5.41, 5.74) is -1.60. The second-order valence-corrected chi connectivity index (χ2v) is 5.10. The van der Waals surface area contributed by atoms with Gasteiger partial charge in [0.25, 0.3) is 0 Å². The molecule has 0 bridgehead atoms. The summed E-state index contributed by atoms with van der Waals surface area (Å²) in [6, 6.07) is 0. The van der Waals surface area contributed by atoms with E-state index in [1.165, 1.54) is 0 Å².